The largest absolute Gasteiger partial charge is 0.345 e. The second-order valence-corrected chi connectivity index (χ2v) is 8.77. The summed E-state index contributed by atoms with van der Waals surface area (Å²) >= 11 is 0. The molecule has 0 aromatic heterocycles. The number of nitrogens with one attached hydrogen (secondary N) is 2. The zero-order valence-corrected chi connectivity index (χ0v) is 19.0. The molecule has 0 spiro atoms. The topological polar surface area (TPSA) is 61.4 Å². The number of hydrogen-bond acceptors (Lipinski definition) is 3. The minimum Gasteiger partial charge on any atom is -0.345 e. The molecule has 2 aromatic rings. The van der Waals surface area contributed by atoms with Gasteiger partial charge in [-0.3, -0.25) is 9.59 Å². The standard InChI is InChI=1S/C25H35N3O2/c1-17(2)15-19-7-9-20(10-8-19)24(18(3)4)26-16-23(29)27-22-13-11-21(12-14-22)25(30)28(5)6/h7-14,17-18,24,26H,15-16H2,1-6H3,(H,27,29)/t24-/m0/s1. The Bertz CT molecular complexity index is 824. The number of hydrogen-bond donors (Lipinski definition) is 2. The molecule has 0 heterocycles. The van der Waals surface area contributed by atoms with Crippen LogP contribution in [0.3, 0.4) is 0 Å². The van der Waals surface area contributed by atoms with Gasteiger partial charge in [-0.05, 0) is 53.6 Å². The van der Waals surface area contributed by atoms with E-state index in [2.05, 4.69) is 62.6 Å². The minimum atomic E-state index is -0.108. The number of carbonyl (C=O) groups excluding carboxylic acids is 2. The first-order valence-corrected chi connectivity index (χ1v) is 10.6. The Hall–Kier alpha value is -2.66. The molecule has 0 aliphatic carbocycles. The lowest BCUT2D eigenvalue weighted by atomic mass is 9.93. The summed E-state index contributed by atoms with van der Waals surface area (Å²) in [5, 5.41) is 6.27. The maximum Gasteiger partial charge on any atom is 0.253 e. The fourth-order valence-corrected chi connectivity index (χ4v) is 3.43. The van der Waals surface area contributed by atoms with Crippen LogP contribution in [-0.4, -0.2) is 37.4 Å². The van der Waals surface area contributed by atoms with Gasteiger partial charge < -0.3 is 15.5 Å². The van der Waals surface area contributed by atoms with Gasteiger partial charge in [0, 0.05) is 31.4 Å². The van der Waals surface area contributed by atoms with Gasteiger partial charge >= 0.3 is 0 Å². The number of rotatable bonds is 9. The smallest absolute Gasteiger partial charge is 0.253 e. The third-order valence-electron chi connectivity index (χ3n) is 4.95. The fraction of sp³-hybridized carbons (Fsp3) is 0.440. The summed E-state index contributed by atoms with van der Waals surface area (Å²) in [6, 6.07) is 15.7. The molecule has 2 aromatic carbocycles. The lowest BCUT2D eigenvalue weighted by Crippen LogP contribution is -2.33. The Kier molecular flexibility index (Phi) is 8.60. The molecule has 5 nitrogen and oxygen atoms in total. The van der Waals surface area contributed by atoms with Gasteiger partial charge in [-0.25, -0.2) is 0 Å². The van der Waals surface area contributed by atoms with E-state index in [0.717, 1.165) is 6.42 Å². The summed E-state index contributed by atoms with van der Waals surface area (Å²) in [6.07, 6.45) is 1.07. The SMILES string of the molecule is CC(C)Cc1ccc([C@@H](NCC(=O)Nc2ccc(C(=O)N(C)C)cc2)C(C)C)cc1. The first kappa shape index (κ1) is 23.6. The quantitative estimate of drug-likeness (QED) is 0.640. The molecule has 5 heteroatoms. The fourth-order valence-electron chi connectivity index (χ4n) is 3.43. The van der Waals surface area contributed by atoms with Crippen LogP contribution in [0.5, 0.6) is 0 Å². The second-order valence-electron chi connectivity index (χ2n) is 8.77. The van der Waals surface area contributed by atoms with E-state index in [-0.39, 0.29) is 24.4 Å². The summed E-state index contributed by atoms with van der Waals surface area (Å²) in [6.45, 7) is 8.96. The van der Waals surface area contributed by atoms with E-state index in [1.165, 1.54) is 16.0 Å². The van der Waals surface area contributed by atoms with Crippen molar-refractivity contribution in [3.05, 3.63) is 65.2 Å². The summed E-state index contributed by atoms with van der Waals surface area (Å²) in [5.41, 5.74) is 3.80. The summed E-state index contributed by atoms with van der Waals surface area (Å²) in [4.78, 5) is 25.9. The highest BCUT2D eigenvalue weighted by atomic mass is 16.2. The zero-order valence-electron chi connectivity index (χ0n) is 19.0. The van der Waals surface area contributed by atoms with E-state index in [1.54, 1.807) is 38.4 Å². The number of benzene rings is 2. The van der Waals surface area contributed by atoms with Gasteiger partial charge in [0.25, 0.3) is 5.91 Å². The molecule has 0 fully saturated rings. The van der Waals surface area contributed by atoms with Gasteiger partial charge in [-0.1, -0.05) is 52.0 Å². The predicted molar refractivity (Wildman–Crippen MR) is 124 cm³/mol. The van der Waals surface area contributed by atoms with Crippen LogP contribution in [0.4, 0.5) is 5.69 Å². The number of amides is 2. The number of anilines is 1. The molecule has 0 radical (unpaired) electrons. The van der Waals surface area contributed by atoms with E-state index in [9.17, 15) is 9.59 Å². The van der Waals surface area contributed by atoms with Crippen molar-refractivity contribution in [3.8, 4) is 0 Å². The maximum atomic E-state index is 12.4. The molecule has 2 rings (SSSR count). The molecular weight excluding hydrogens is 374 g/mol. The van der Waals surface area contributed by atoms with Crippen LogP contribution < -0.4 is 10.6 Å². The predicted octanol–water partition coefficient (Wildman–Crippen LogP) is 4.51. The Balaban J connectivity index is 1.94. The first-order chi connectivity index (χ1) is 14.2. The third-order valence-corrected chi connectivity index (χ3v) is 4.95. The van der Waals surface area contributed by atoms with Gasteiger partial charge in [0.05, 0.1) is 6.54 Å². The molecule has 0 saturated carbocycles. The van der Waals surface area contributed by atoms with E-state index < -0.39 is 0 Å². The molecule has 0 aliphatic rings. The molecule has 0 bridgehead atoms. The number of nitrogens with zero attached hydrogens (tertiary/aromatic N) is 1. The third kappa shape index (κ3) is 6.99. The zero-order chi connectivity index (χ0) is 22.3. The van der Waals surface area contributed by atoms with Crippen LogP contribution >= 0.6 is 0 Å². The van der Waals surface area contributed by atoms with Gasteiger partial charge in [-0.2, -0.15) is 0 Å². The van der Waals surface area contributed by atoms with Crippen LogP contribution in [0.15, 0.2) is 48.5 Å². The van der Waals surface area contributed by atoms with Crippen molar-refractivity contribution in [1.29, 1.82) is 0 Å². The van der Waals surface area contributed by atoms with Gasteiger partial charge in [0.1, 0.15) is 0 Å². The molecule has 2 amide bonds. The van der Waals surface area contributed by atoms with E-state index >= 15 is 0 Å². The normalized spacial score (nSPS) is 12.1. The molecule has 162 valence electrons. The average Bonchev–Trinajstić information content (AvgIpc) is 2.68. The molecule has 30 heavy (non-hydrogen) atoms. The summed E-state index contributed by atoms with van der Waals surface area (Å²) < 4.78 is 0. The van der Waals surface area contributed by atoms with Crippen molar-refractivity contribution in [2.45, 2.75) is 40.2 Å². The van der Waals surface area contributed by atoms with Crippen molar-refractivity contribution in [2.24, 2.45) is 11.8 Å². The van der Waals surface area contributed by atoms with Crippen molar-refractivity contribution in [1.82, 2.24) is 10.2 Å². The van der Waals surface area contributed by atoms with Crippen LogP contribution in [0, 0.1) is 11.8 Å². The average molecular weight is 410 g/mol. The van der Waals surface area contributed by atoms with Crippen molar-refractivity contribution in [2.75, 3.05) is 26.0 Å². The maximum absolute atomic E-state index is 12.4. The van der Waals surface area contributed by atoms with Crippen LogP contribution in [-0.2, 0) is 11.2 Å². The van der Waals surface area contributed by atoms with Crippen molar-refractivity contribution >= 4 is 17.5 Å². The molecular formula is C25H35N3O2. The molecule has 0 unspecified atom stereocenters. The Morgan fingerprint density at radius 3 is 2.00 bits per heavy atom. The summed E-state index contributed by atoms with van der Waals surface area (Å²) in [7, 11) is 3.43. The lowest BCUT2D eigenvalue weighted by Gasteiger charge is -2.23. The van der Waals surface area contributed by atoms with Crippen LogP contribution in [0.25, 0.3) is 0 Å². The van der Waals surface area contributed by atoms with Gasteiger partial charge in [-0.15, -0.1) is 0 Å². The van der Waals surface area contributed by atoms with Crippen molar-refractivity contribution in [3.63, 3.8) is 0 Å². The van der Waals surface area contributed by atoms with E-state index in [4.69, 9.17) is 0 Å². The van der Waals surface area contributed by atoms with Gasteiger partial charge in [0.15, 0.2) is 0 Å². The lowest BCUT2D eigenvalue weighted by molar-refractivity contribution is -0.115. The minimum absolute atomic E-state index is 0.0614. The monoisotopic (exact) mass is 409 g/mol. The van der Waals surface area contributed by atoms with E-state index in [1.807, 2.05) is 0 Å². The highest BCUT2D eigenvalue weighted by Crippen LogP contribution is 2.22. The highest BCUT2D eigenvalue weighted by Gasteiger charge is 2.17. The summed E-state index contributed by atoms with van der Waals surface area (Å²) in [5.74, 6) is 0.816. The van der Waals surface area contributed by atoms with Crippen LogP contribution in [0.2, 0.25) is 0 Å². The Labute approximate surface area is 180 Å². The molecule has 2 N–H and O–H groups in total. The van der Waals surface area contributed by atoms with Crippen LogP contribution in [0.1, 0.15) is 55.2 Å². The Morgan fingerprint density at radius 2 is 1.50 bits per heavy atom. The molecule has 0 aliphatic heterocycles. The highest BCUT2D eigenvalue weighted by molar-refractivity contribution is 5.96. The van der Waals surface area contributed by atoms with Gasteiger partial charge in [0.2, 0.25) is 5.91 Å². The number of carbonyl (C=O) groups is 2. The first-order valence-electron chi connectivity index (χ1n) is 10.6. The Morgan fingerprint density at radius 1 is 0.900 bits per heavy atom. The second kappa shape index (κ2) is 10.9. The van der Waals surface area contributed by atoms with Crippen molar-refractivity contribution < 1.29 is 9.59 Å². The van der Waals surface area contributed by atoms with E-state index in [0.29, 0.717) is 23.1 Å². The molecule has 0 saturated heterocycles. The molecule has 1 atom stereocenters.